The second-order valence-electron chi connectivity index (χ2n) is 13.2. The van der Waals surface area contributed by atoms with E-state index in [1.807, 2.05) is 60.7 Å². The number of nitrogens with one attached hydrogen (secondary N) is 3. The first-order chi connectivity index (χ1) is 21.6. The van der Waals surface area contributed by atoms with Crippen molar-refractivity contribution in [2.24, 2.45) is 11.8 Å². The number of amides is 3. The van der Waals surface area contributed by atoms with Crippen LogP contribution in [-0.4, -0.2) is 93.3 Å². The molecule has 1 aliphatic heterocycles. The van der Waals surface area contributed by atoms with E-state index >= 15 is 0 Å². The van der Waals surface area contributed by atoms with Crippen LogP contribution in [0.3, 0.4) is 0 Å². The average molecular weight is 644 g/mol. The number of carbonyl (C=O) groups excluding carboxylic acids is 3. The molecule has 0 bridgehead atoms. The Labute approximate surface area is 270 Å². The van der Waals surface area contributed by atoms with Gasteiger partial charge in [0.25, 0.3) is 0 Å². The Balaban J connectivity index is 1.78. The highest BCUT2D eigenvalue weighted by Crippen LogP contribution is 2.21. The van der Waals surface area contributed by atoms with Crippen LogP contribution in [0.2, 0.25) is 0 Å². The fourth-order valence-electron chi connectivity index (χ4n) is 5.26. The first kappa shape index (κ1) is 36.9. The lowest BCUT2D eigenvalue weighted by Crippen LogP contribution is -2.54. The van der Waals surface area contributed by atoms with Gasteiger partial charge < -0.3 is 45.9 Å². The van der Waals surface area contributed by atoms with Crippen molar-refractivity contribution in [2.75, 3.05) is 6.54 Å². The minimum Gasteiger partial charge on any atom is -0.444 e. The lowest BCUT2D eigenvalue weighted by Gasteiger charge is -2.30. The molecule has 2 aromatic rings. The Morgan fingerprint density at radius 1 is 0.848 bits per heavy atom. The monoisotopic (exact) mass is 643 g/mol. The second kappa shape index (κ2) is 16.8. The summed E-state index contributed by atoms with van der Waals surface area (Å²) < 4.78 is 10.6. The van der Waals surface area contributed by atoms with Gasteiger partial charge in [0.05, 0.1) is 12.1 Å². The van der Waals surface area contributed by atoms with Crippen molar-refractivity contribution in [1.29, 1.82) is 0 Å². The molecular formula is C34H49N3O9. The molecule has 1 heterocycles. The van der Waals surface area contributed by atoms with Crippen LogP contribution in [0.4, 0.5) is 4.79 Å². The maximum atomic E-state index is 13.8. The molecule has 12 nitrogen and oxygen atoms in total. The van der Waals surface area contributed by atoms with E-state index < -0.39 is 72.2 Å². The molecule has 12 heteroatoms. The number of ether oxygens (including phenoxy) is 2. The van der Waals surface area contributed by atoms with Crippen LogP contribution >= 0.6 is 0 Å². The van der Waals surface area contributed by atoms with Crippen molar-refractivity contribution >= 4 is 17.9 Å². The first-order valence-corrected chi connectivity index (χ1v) is 15.7. The van der Waals surface area contributed by atoms with Gasteiger partial charge in [-0.25, -0.2) is 4.79 Å². The summed E-state index contributed by atoms with van der Waals surface area (Å²) in [5.41, 5.74) is 0.972. The molecule has 254 valence electrons. The van der Waals surface area contributed by atoms with E-state index in [-0.39, 0.29) is 31.7 Å². The molecule has 46 heavy (non-hydrogen) atoms. The highest BCUT2D eigenvalue weighted by molar-refractivity contribution is 5.88. The number of hydrogen-bond acceptors (Lipinski definition) is 9. The van der Waals surface area contributed by atoms with Crippen molar-refractivity contribution in [3.05, 3.63) is 71.8 Å². The topological polar surface area (TPSA) is 187 Å². The average Bonchev–Trinajstić information content (AvgIpc) is 3.24. The maximum absolute atomic E-state index is 13.8. The van der Waals surface area contributed by atoms with Crippen molar-refractivity contribution in [3.63, 3.8) is 0 Å². The van der Waals surface area contributed by atoms with Crippen LogP contribution in [-0.2, 0) is 31.9 Å². The molecule has 0 spiro atoms. The molecule has 8 atom stereocenters. The molecule has 0 aromatic heterocycles. The number of benzene rings is 2. The first-order valence-electron chi connectivity index (χ1n) is 15.7. The van der Waals surface area contributed by atoms with Crippen LogP contribution in [0.25, 0.3) is 0 Å². The molecule has 1 aliphatic rings. The van der Waals surface area contributed by atoms with Gasteiger partial charge in [-0.05, 0) is 57.1 Å². The van der Waals surface area contributed by atoms with Gasteiger partial charge in [-0.3, -0.25) is 9.59 Å². The molecule has 0 aliphatic carbocycles. The van der Waals surface area contributed by atoms with Crippen LogP contribution in [0.15, 0.2) is 60.7 Å². The van der Waals surface area contributed by atoms with Crippen molar-refractivity contribution in [3.8, 4) is 0 Å². The largest absolute Gasteiger partial charge is 0.444 e. The molecule has 1 saturated heterocycles. The zero-order chi connectivity index (χ0) is 34.0. The quantitative estimate of drug-likeness (QED) is 0.160. The van der Waals surface area contributed by atoms with E-state index in [0.29, 0.717) is 0 Å². The van der Waals surface area contributed by atoms with Crippen LogP contribution in [0.5, 0.6) is 0 Å². The Morgan fingerprint density at radius 3 is 1.91 bits per heavy atom. The third kappa shape index (κ3) is 11.4. The van der Waals surface area contributed by atoms with Gasteiger partial charge in [-0.2, -0.15) is 0 Å². The summed E-state index contributed by atoms with van der Waals surface area (Å²) in [6, 6.07) is 16.9. The minimum atomic E-state index is -1.57. The van der Waals surface area contributed by atoms with E-state index in [1.54, 1.807) is 34.6 Å². The smallest absolute Gasteiger partial charge is 0.407 e. The number of carbonyl (C=O) groups is 3. The second-order valence-corrected chi connectivity index (χ2v) is 13.2. The fourth-order valence-corrected chi connectivity index (χ4v) is 5.26. The highest BCUT2D eigenvalue weighted by atomic mass is 16.6. The summed E-state index contributed by atoms with van der Waals surface area (Å²) in [6.45, 7) is 8.56. The molecule has 3 rings (SSSR count). The number of alkyl carbamates (subject to hydrolysis) is 1. The Bertz CT molecular complexity index is 1260. The van der Waals surface area contributed by atoms with Gasteiger partial charge in [-0.1, -0.05) is 74.5 Å². The predicted molar refractivity (Wildman–Crippen MR) is 170 cm³/mol. The molecule has 2 aromatic carbocycles. The van der Waals surface area contributed by atoms with E-state index in [9.17, 15) is 34.8 Å². The summed E-state index contributed by atoms with van der Waals surface area (Å²) in [7, 11) is 0. The van der Waals surface area contributed by atoms with Crippen molar-refractivity contribution < 1.29 is 44.3 Å². The van der Waals surface area contributed by atoms with E-state index in [1.165, 1.54) is 0 Å². The Kier molecular flexibility index (Phi) is 13.5. The highest BCUT2D eigenvalue weighted by Gasteiger charge is 2.42. The lowest BCUT2D eigenvalue weighted by atomic mass is 9.88. The molecule has 0 radical (unpaired) electrons. The van der Waals surface area contributed by atoms with E-state index in [0.717, 1.165) is 11.1 Å². The van der Waals surface area contributed by atoms with Gasteiger partial charge in [0.1, 0.15) is 30.0 Å². The van der Waals surface area contributed by atoms with Crippen LogP contribution in [0.1, 0.15) is 52.2 Å². The summed E-state index contributed by atoms with van der Waals surface area (Å²) in [5.74, 6) is -2.12. The van der Waals surface area contributed by atoms with Gasteiger partial charge >= 0.3 is 6.09 Å². The number of hydrogen-bond donors (Lipinski definition) is 7. The molecule has 1 fully saturated rings. The Hall–Kier alpha value is -3.55. The number of aliphatic hydroxyl groups is 4. The summed E-state index contributed by atoms with van der Waals surface area (Å²) in [4.78, 5) is 39.8. The van der Waals surface area contributed by atoms with Crippen LogP contribution < -0.4 is 16.0 Å². The van der Waals surface area contributed by atoms with E-state index in [4.69, 9.17) is 9.47 Å². The molecule has 0 saturated carbocycles. The fraction of sp³-hybridized carbons (Fsp3) is 0.559. The number of aliphatic hydroxyl groups excluding tert-OH is 4. The normalized spacial score (nSPS) is 22.4. The van der Waals surface area contributed by atoms with E-state index in [2.05, 4.69) is 16.0 Å². The third-order valence-electron chi connectivity index (χ3n) is 7.75. The summed E-state index contributed by atoms with van der Waals surface area (Å²) in [6.07, 6.45) is -6.81. The standard InChI is InChI=1S/C34H49N3O9/c1-20(2)27(31(42)35-19-26-28(39)29(40)32(43)45-26)37-30(41)23(16-21-12-8-6-9-13-21)18-25(38)24(17-22-14-10-7-11-15-22)36-33(44)46-34(3,4)5/h6-15,20,23-29,32,38-40,43H,16-19H2,1-5H3,(H,35,42)(H,36,44)(H,37,41)/t23-,24+,25+,26-,27+,28-,29-,32?/m1/s1. The zero-order valence-corrected chi connectivity index (χ0v) is 27.1. The summed E-state index contributed by atoms with van der Waals surface area (Å²) >= 11 is 0. The van der Waals surface area contributed by atoms with Gasteiger partial charge in [0, 0.05) is 12.5 Å². The SMILES string of the molecule is CC(C)[C@H](NC(=O)[C@H](Cc1ccccc1)C[C@H](O)[C@H](Cc1ccccc1)NC(=O)OC(C)(C)C)C(=O)NC[C@H]1OC(O)[C@H](O)[C@@H]1O. The predicted octanol–water partition coefficient (Wildman–Crippen LogP) is 1.43. The van der Waals surface area contributed by atoms with Crippen molar-refractivity contribution in [1.82, 2.24) is 16.0 Å². The van der Waals surface area contributed by atoms with Gasteiger partial charge in [0.2, 0.25) is 11.8 Å². The molecule has 1 unspecified atom stereocenters. The summed E-state index contributed by atoms with van der Waals surface area (Å²) in [5, 5.41) is 49.2. The van der Waals surface area contributed by atoms with Gasteiger partial charge in [0.15, 0.2) is 6.29 Å². The zero-order valence-electron chi connectivity index (χ0n) is 27.1. The number of rotatable bonds is 14. The molecular weight excluding hydrogens is 594 g/mol. The minimum absolute atomic E-state index is 0.0294. The lowest BCUT2D eigenvalue weighted by molar-refractivity contribution is -0.135. The maximum Gasteiger partial charge on any atom is 0.407 e. The third-order valence-corrected chi connectivity index (χ3v) is 7.75. The Morgan fingerprint density at radius 2 is 1.41 bits per heavy atom. The van der Waals surface area contributed by atoms with Crippen LogP contribution in [0, 0.1) is 11.8 Å². The van der Waals surface area contributed by atoms with Gasteiger partial charge in [-0.15, -0.1) is 0 Å². The molecule has 3 amide bonds. The van der Waals surface area contributed by atoms with Crippen molar-refractivity contribution in [2.45, 2.75) is 102 Å². The molecule has 7 N–H and O–H groups in total.